The van der Waals surface area contributed by atoms with E-state index in [9.17, 15) is 30.0 Å². The molecule has 25 heavy (non-hydrogen) atoms. The van der Waals surface area contributed by atoms with Crippen molar-refractivity contribution in [1.82, 2.24) is 0 Å². The molecule has 12 heteroatoms. The van der Waals surface area contributed by atoms with Gasteiger partial charge in [-0.3, -0.25) is 4.74 Å². The topological polar surface area (TPSA) is 114 Å². The van der Waals surface area contributed by atoms with Crippen molar-refractivity contribution in [3.8, 4) is 0 Å². The second kappa shape index (κ2) is 7.24. The smallest absolute Gasteiger partial charge is 0.360 e. The average molecular weight is 398 g/mol. The second-order valence-corrected chi connectivity index (χ2v) is 8.27. The van der Waals surface area contributed by atoms with Crippen LogP contribution in [0.4, 0.5) is 13.2 Å². The molecular weight excluding hydrogens is 385 g/mol. The van der Waals surface area contributed by atoms with Crippen molar-refractivity contribution in [2.75, 3.05) is 0 Å². The molecule has 0 aromatic heterocycles. The summed E-state index contributed by atoms with van der Waals surface area (Å²) in [6.07, 6.45) is -2.91. The number of rotatable bonds is 3. The number of hydrogen-bond acceptors (Lipinski definition) is 5. The molecule has 0 spiro atoms. The molecule has 138 valence electrons. The van der Waals surface area contributed by atoms with Crippen molar-refractivity contribution in [2.45, 2.75) is 38.1 Å². The van der Waals surface area contributed by atoms with Crippen LogP contribution in [0.1, 0.15) is 25.7 Å². The standard InChI is InChI=1S/C13H13F3N2O5S2/c14-13(15,16)23-11-9(24(19)20)6-3-7-10(11)25(21,22)12(18-17)8-4-1-2-5-8/h3,6-8,11H,1-2,4-5H2. The van der Waals surface area contributed by atoms with Crippen molar-refractivity contribution >= 4 is 30.0 Å². The number of halogens is 3. The Kier molecular flexibility index (Phi) is 5.67. The highest BCUT2D eigenvalue weighted by atomic mass is 32.2. The van der Waals surface area contributed by atoms with Crippen LogP contribution in [-0.2, 0) is 24.9 Å². The van der Waals surface area contributed by atoms with Crippen LogP contribution in [0, 0.1) is 5.92 Å². The van der Waals surface area contributed by atoms with Crippen molar-refractivity contribution < 1.29 is 39.5 Å². The summed E-state index contributed by atoms with van der Waals surface area (Å²) in [7, 11) is -7.80. The molecule has 2 aliphatic rings. The van der Waals surface area contributed by atoms with Crippen molar-refractivity contribution in [1.29, 1.82) is 0 Å². The Balaban J connectivity index is 2.56. The van der Waals surface area contributed by atoms with E-state index in [4.69, 9.17) is 5.53 Å². The Morgan fingerprint density at radius 2 is 1.88 bits per heavy atom. The minimum atomic E-state index is -5.28. The molecule has 0 aliphatic heterocycles. The van der Waals surface area contributed by atoms with E-state index in [-0.39, 0.29) is 0 Å². The number of sulfone groups is 1. The third-order valence-corrected chi connectivity index (χ3v) is 6.54. The number of hydrogen-bond donors (Lipinski definition) is 0. The van der Waals surface area contributed by atoms with Gasteiger partial charge in [-0.25, -0.2) is 8.42 Å². The van der Waals surface area contributed by atoms with E-state index < -0.39 is 53.3 Å². The molecule has 0 amide bonds. The van der Waals surface area contributed by atoms with Gasteiger partial charge < -0.3 is 5.53 Å². The normalized spacial score (nSPS) is 21.8. The number of ether oxygens (including phenoxy) is 1. The quantitative estimate of drug-likeness (QED) is 0.236. The van der Waals surface area contributed by atoms with Gasteiger partial charge in [0.25, 0.3) is 9.84 Å². The maximum Gasteiger partial charge on any atom is 0.523 e. The molecule has 1 atom stereocenters. The first kappa shape index (κ1) is 19.6. The Bertz CT molecular complexity index is 896. The number of nitrogens with zero attached hydrogens (tertiary/aromatic N) is 2. The van der Waals surface area contributed by atoms with E-state index in [1.165, 1.54) is 0 Å². The zero-order valence-corrected chi connectivity index (χ0v) is 14.2. The summed E-state index contributed by atoms with van der Waals surface area (Å²) in [6, 6.07) is 0. The highest BCUT2D eigenvalue weighted by Crippen LogP contribution is 2.33. The lowest BCUT2D eigenvalue weighted by molar-refractivity contribution is -0.328. The molecule has 2 aliphatic carbocycles. The molecule has 2 rings (SSSR count). The molecule has 1 fully saturated rings. The summed E-state index contributed by atoms with van der Waals surface area (Å²) >= 11 is 0. The molecule has 0 bridgehead atoms. The van der Waals surface area contributed by atoms with E-state index in [0.717, 1.165) is 18.2 Å². The summed E-state index contributed by atoms with van der Waals surface area (Å²) in [5, 5.41) is -0.682. The van der Waals surface area contributed by atoms with Crippen LogP contribution in [0.25, 0.3) is 5.53 Å². The SMILES string of the molecule is [N-]=[N+]=C(C1CCCC1)S(=O)(=O)C1=CC=CC(=S(=O)=O)C1OC(F)(F)F. The summed E-state index contributed by atoms with van der Waals surface area (Å²) in [5.74, 6) is -0.644. The van der Waals surface area contributed by atoms with Crippen LogP contribution in [-0.4, -0.2) is 44.0 Å². The maximum atomic E-state index is 12.7. The minimum Gasteiger partial charge on any atom is -0.360 e. The molecule has 7 nitrogen and oxygen atoms in total. The van der Waals surface area contributed by atoms with Gasteiger partial charge in [0, 0.05) is 0 Å². The third kappa shape index (κ3) is 4.27. The fourth-order valence-electron chi connectivity index (χ4n) is 2.82. The monoisotopic (exact) mass is 398 g/mol. The maximum absolute atomic E-state index is 12.7. The van der Waals surface area contributed by atoms with Gasteiger partial charge >= 0.3 is 11.4 Å². The Hall–Kier alpha value is -1.75. The number of alkyl halides is 3. The molecule has 0 radical (unpaired) electrons. The Morgan fingerprint density at radius 3 is 2.36 bits per heavy atom. The first-order valence-corrected chi connectivity index (χ1v) is 9.69. The fourth-order valence-corrected chi connectivity index (χ4v) is 5.18. The average Bonchev–Trinajstić information content (AvgIpc) is 2.99. The van der Waals surface area contributed by atoms with Gasteiger partial charge in [-0.05, 0) is 25.0 Å². The van der Waals surface area contributed by atoms with Crippen LogP contribution in [0.15, 0.2) is 23.1 Å². The molecule has 0 aromatic rings. The fraction of sp³-hybridized carbons (Fsp3) is 0.538. The third-order valence-electron chi connectivity index (χ3n) is 3.87. The second-order valence-electron chi connectivity index (χ2n) is 5.43. The van der Waals surface area contributed by atoms with Gasteiger partial charge in [0.05, 0.1) is 10.8 Å². The molecular formula is C13H13F3N2O5S2. The molecule has 1 unspecified atom stereocenters. The predicted molar refractivity (Wildman–Crippen MR) is 81.6 cm³/mol. The molecule has 1 saturated carbocycles. The van der Waals surface area contributed by atoms with Crippen LogP contribution < -0.4 is 0 Å². The van der Waals surface area contributed by atoms with E-state index in [0.29, 0.717) is 25.7 Å². The molecule has 0 saturated heterocycles. The lowest BCUT2D eigenvalue weighted by Crippen LogP contribution is -2.39. The minimum absolute atomic E-state index is 0.399. The first-order chi connectivity index (χ1) is 11.6. The Morgan fingerprint density at radius 1 is 1.28 bits per heavy atom. The van der Waals surface area contributed by atoms with E-state index >= 15 is 0 Å². The lowest BCUT2D eigenvalue weighted by atomic mass is 10.1. The zero-order valence-electron chi connectivity index (χ0n) is 12.6. The summed E-state index contributed by atoms with van der Waals surface area (Å²) < 4.78 is 89.5. The van der Waals surface area contributed by atoms with Crippen molar-refractivity contribution in [3.05, 3.63) is 28.7 Å². The van der Waals surface area contributed by atoms with Gasteiger partial charge in [-0.2, -0.15) is 13.2 Å². The van der Waals surface area contributed by atoms with Crippen molar-refractivity contribution in [2.24, 2.45) is 5.92 Å². The summed E-state index contributed by atoms with van der Waals surface area (Å²) in [6.45, 7) is 0. The van der Waals surface area contributed by atoms with E-state index in [1.807, 2.05) is 0 Å². The van der Waals surface area contributed by atoms with Crippen LogP contribution >= 0.6 is 0 Å². The molecule has 0 aromatic carbocycles. The van der Waals surface area contributed by atoms with E-state index in [1.54, 1.807) is 0 Å². The first-order valence-electron chi connectivity index (χ1n) is 7.14. The van der Waals surface area contributed by atoms with Crippen LogP contribution in [0.2, 0.25) is 0 Å². The summed E-state index contributed by atoms with van der Waals surface area (Å²) in [4.78, 5) is 0.956. The van der Waals surface area contributed by atoms with Crippen LogP contribution in [0.5, 0.6) is 0 Å². The lowest BCUT2D eigenvalue weighted by Gasteiger charge is -2.22. The van der Waals surface area contributed by atoms with Gasteiger partial charge in [-0.15, -0.1) is 13.2 Å². The van der Waals surface area contributed by atoms with E-state index in [2.05, 4.69) is 9.53 Å². The molecule has 0 N–H and O–H groups in total. The van der Waals surface area contributed by atoms with Gasteiger partial charge in [0.15, 0.2) is 0 Å². The predicted octanol–water partition coefficient (Wildman–Crippen LogP) is 1.63. The zero-order chi connectivity index (χ0) is 18.8. The van der Waals surface area contributed by atoms with Crippen molar-refractivity contribution in [3.63, 3.8) is 0 Å². The highest BCUT2D eigenvalue weighted by molar-refractivity contribution is 8.09. The highest BCUT2D eigenvalue weighted by Gasteiger charge is 2.48. The van der Waals surface area contributed by atoms with Gasteiger partial charge in [0.2, 0.25) is 10.3 Å². The van der Waals surface area contributed by atoms with Gasteiger partial charge in [-0.1, -0.05) is 18.9 Å². The largest absolute Gasteiger partial charge is 0.523 e. The van der Waals surface area contributed by atoms with Crippen LogP contribution in [0.3, 0.4) is 0 Å². The summed E-state index contributed by atoms with van der Waals surface area (Å²) in [5.41, 5.74) is 9.12. The number of allylic oxidation sites excluding steroid dienone is 2. The molecule has 0 heterocycles. The Labute approximate surface area is 142 Å². The van der Waals surface area contributed by atoms with Gasteiger partial charge in [0.1, 0.15) is 11.0 Å².